The molecule has 0 bridgehead atoms. The molecule has 3 rings (SSSR count). The Hall–Kier alpha value is -1.73. The molecular formula is C14H15N5S2. The predicted molar refractivity (Wildman–Crippen MR) is 88.3 cm³/mol. The Bertz CT molecular complexity index is 704. The van der Waals surface area contributed by atoms with Crippen LogP contribution in [0.15, 0.2) is 41.9 Å². The molecule has 1 N–H and O–H groups in total. The minimum atomic E-state index is 0.800. The number of thioether (sulfide) groups is 1. The molecule has 0 saturated carbocycles. The van der Waals surface area contributed by atoms with Crippen LogP contribution in [0.1, 0.15) is 5.56 Å². The van der Waals surface area contributed by atoms with E-state index in [-0.39, 0.29) is 0 Å². The van der Waals surface area contributed by atoms with Gasteiger partial charge in [0.2, 0.25) is 0 Å². The molecule has 1 aromatic carbocycles. The molecule has 0 unspecified atom stereocenters. The molecule has 7 heteroatoms. The molecule has 108 valence electrons. The Labute approximate surface area is 132 Å². The minimum Gasteiger partial charge on any atom is -0.274 e. The van der Waals surface area contributed by atoms with E-state index in [1.807, 2.05) is 0 Å². The van der Waals surface area contributed by atoms with Gasteiger partial charge in [0.15, 0.2) is 0 Å². The second kappa shape index (κ2) is 6.36. The van der Waals surface area contributed by atoms with Crippen LogP contribution in [0.25, 0.3) is 16.9 Å². The average molecular weight is 317 g/mol. The van der Waals surface area contributed by atoms with Crippen molar-refractivity contribution in [1.82, 2.24) is 25.0 Å². The summed E-state index contributed by atoms with van der Waals surface area (Å²) in [6.07, 6.45) is 3.21. The Kier molecular flexibility index (Phi) is 4.31. The lowest BCUT2D eigenvalue weighted by molar-refractivity contribution is 0.856. The highest BCUT2D eigenvalue weighted by Gasteiger charge is 2.17. The number of H-pyrrole nitrogens is 1. The summed E-state index contributed by atoms with van der Waals surface area (Å²) in [6.45, 7) is 2.07. The first-order valence-electron chi connectivity index (χ1n) is 6.53. The zero-order chi connectivity index (χ0) is 14.7. The summed E-state index contributed by atoms with van der Waals surface area (Å²) in [4.78, 5) is 4.03. The van der Waals surface area contributed by atoms with Crippen LogP contribution in [0.3, 0.4) is 0 Å². The Morgan fingerprint density at radius 3 is 2.76 bits per heavy atom. The standard InChI is InChI=1S/C14H15N5S2/c1-10-2-4-11(5-3-10)12-13(19-9-15-8-16-19)14(18-17-12)21-7-6-20/h2-5,8-9,20H,6-7H2,1H3,(H,17,18). The van der Waals surface area contributed by atoms with E-state index in [1.54, 1.807) is 22.8 Å². The summed E-state index contributed by atoms with van der Waals surface area (Å²) in [7, 11) is 0. The highest BCUT2D eigenvalue weighted by molar-refractivity contribution is 8.00. The molecule has 3 aromatic rings. The number of hydrogen-bond donors (Lipinski definition) is 2. The van der Waals surface area contributed by atoms with Crippen molar-refractivity contribution in [2.75, 3.05) is 11.5 Å². The van der Waals surface area contributed by atoms with Gasteiger partial charge in [0.1, 0.15) is 23.4 Å². The van der Waals surface area contributed by atoms with E-state index in [0.29, 0.717) is 0 Å². The van der Waals surface area contributed by atoms with Crippen molar-refractivity contribution < 1.29 is 0 Å². The molecule has 2 aromatic heterocycles. The zero-order valence-corrected chi connectivity index (χ0v) is 13.2. The summed E-state index contributed by atoms with van der Waals surface area (Å²) >= 11 is 5.91. The highest BCUT2D eigenvalue weighted by Crippen LogP contribution is 2.32. The lowest BCUT2D eigenvalue weighted by Crippen LogP contribution is -1.97. The molecule has 0 aliphatic carbocycles. The number of hydrogen-bond acceptors (Lipinski definition) is 5. The van der Waals surface area contributed by atoms with Gasteiger partial charge in [-0.25, -0.2) is 9.67 Å². The maximum absolute atomic E-state index is 4.42. The van der Waals surface area contributed by atoms with Gasteiger partial charge < -0.3 is 0 Å². The summed E-state index contributed by atoms with van der Waals surface area (Å²) < 4.78 is 1.75. The van der Waals surface area contributed by atoms with Gasteiger partial charge >= 0.3 is 0 Å². The minimum absolute atomic E-state index is 0.800. The number of nitrogens with zero attached hydrogens (tertiary/aromatic N) is 4. The van der Waals surface area contributed by atoms with Crippen LogP contribution in [0, 0.1) is 6.92 Å². The molecule has 0 aliphatic heterocycles. The van der Waals surface area contributed by atoms with Gasteiger partial charge in [0.25, 0.3) is 0 Å². The van der Waals surface area contributed by atoms with Crippen molar-refractivity contribution in [3.63, 3.8) is 0 Å². The monoisotopic (exact) mass is 317 g/mol. The maximum atomic E-state index is 4.42. The zero-order valence-electron chi connectivity index (χ0n) is 11.5. The lowest BCUT2D eigenvalue weighted by atomic mass is 10.1. The van der Waals surface area contributed by atoms with Crippen LogP contribution in [0.4, 0.5) is 0 Å². The van der Waals surface area contributed by atoms with Gasteiger partial charge in [-0.1, -0.05) is 29.8 Å². The quantitative estimate of drug-likeness (QED) is 0.561. The molecular weight excluding hydrogens is 302 g/mol. The van der Waals surface area contributed by atoms with Crippen molar-refractivity contribution in [2.24, 2.45) is 0 Å². The van der Waals surface area contributed by atoms with Crippen molar-refractivity contribution in [1.29, 1.82) is 0 Å². The highest BCUT2D eigenvalue weighted by atomic mass is 32.2. The average Bonchev–Trinajstić information content (AvgIpc) is 3.14. The fraction of sp³-hybridized carbons (Fsp3) is 0.214. The topological polar surface area (TPSA) is 59.4 Å². The molecule has 0 fully saturated rings. The van der Waals surface area contributed by atoms with Gasteiger partial charge in [-0.3, -0.25) is 5.10 Å². The van der Waals surface area contributed by atoms with E-state index in [0.717, 1.165) is 33.5 Å². The van der Waals surface area contributed by atoms with Crippen LogP contribution < -0.4 is 0 Å². The number of rotatable bonds is 5. The Morgan fingerprint density at radius 2 is 2.10 bits per heavy atom. The van der Waals surface area contributed by atoms with Crippen LogP contribution in [0.5, 0.6) is 0 Å². The normalized spacial score (nSPS) is 11.0. The second-order valence-electron chi connectivity index (χ2n) is 4.53. The molecule has 0 saturated heterocycles. The van der Waals surface area contributed by atoms with Crippen LogP contribution >= 0.6 is 24.4 Å². The van der Waals surface area contributed by atoms with Crippen LogP contribution in [0.2, 0.25) is 0 Å². The SMILES string of the molecule is Cc1ccc(-c2[nH]nc(SCCS)c2-n2cncn2)cc1. The first-order valence-corrected chi connectivity index (χ1v) is 8.15. The summed E-state index contributed by atoms with van der Waals surface area (Å²) in [5.74, 6) is 1.69. The smallest absolute Gasteiger partial charge is 0.144 e. The number of aromatic nitrogens is 5. The summed E-state index contributed by atoms with van der Waals surface area (Å²) in [6, 6.07) is 8.33. The number of benzene rings is 1. The molecule has 0 amide bonds. The Balaban J connectivity index is 2.08. The Morgan fingerprint density at radius 1 is 1.29 bits per heavy atom. The van der Waals surface area contributed by atoms with Gasteiger partial charge in [0.05, 0.1) is 5.69 Å². The van der Waals surface area contributed by atoms with E-state index >= 15 is 0 Å². The van der Waals surface area contributed by atoms with E-state index in [4.69, 9.17) is 0 Å². The molecule has 0 atom stereocenters. The molecule has 0 spiro atoms. The molecule has 21 heavy (non-hydrogen) atoms. The maximum Gasteiger partial charge on any atom is 0.144 e. The molecule has 2 heterocycles. The molecule has 5 nitrogen and oxygen atoms in total. The van der Waals surface area contributed by atoms with Crippen LogP contribution in [-0.4, -0.2) is 36.5 Å². The number of aromatic amines is 1. The third kappa shape index (κ3) is 2.98. The van der Waals surface area contributed by atoms with Gasteiger partial charge in [-0.2, -0.15) is 22.8 Å². The molecule has 0 radical (unpaired) electrons. The fourth-order valence-corrected chi connectivity index (χ4v) is 3.02. The van der Waals surface area contributed by atoms with E-state index in [9.17, 15) is 0 Å². The van der Waals surface area contributed by atoms with E-state index in [2.05, 4.69) is 64.1 Å². The third-order valence-electron chi connectivity index (χ3n) is 3.03. The van der Waals surface area contributed by atoms with E-state index < -0.39 is 0 Å². The first kappa shape index (κ1) is 14.2. The third-order valence-corrected chi connectivity index (χ3v) is 4.52. The van der Waals surface area contributed by atoms with Crippen LogP contribution in [-0.2, 0) is 0 Å². The van der Waals surface area contributed by atoms with Crippen molar-refractivity contribution in [3.8, 4) is 16.9 Å². The van der Waals surface area contributed by atoms with Crippen molar-refractivity contribution in [3.05, 3.63) is 42.5 Å². The van der Waals surface area contributed by atoms with Gasteiger partial charge in [-0.05, 0) is 12.7 Å². The summed E-state index contributed by atoms with van der Waals surface area (Å²) in [5, 5.41) is 12.7. The van der Waals surface area contributed by atoms with Crippen molar-refractivity contribution >= 4 is 24.4 Å². The summed E-state index contributed by atoms with van der Waals surface area (Å²) in [5.41, 5.74) is 4.19. The number of aryl methyl sites for hydroxylation is 1. The van der Waals surface area contributed by atoms with Crippen molar-refractivity contribution in [2.45, 2.75) is 11.9 Å². The number of thiol groups is 1. The lowest BCUT2D eigenvalue weighted by Gasteiger charge is -2.05. The van der Waals surface area contributed by atoms with Gasteiger partial charge in [0, 0.05) is 11.3 Å². The first-order chi connectivity index (χ1) is 10.3. The second-order valence-corrected chi connectivity index (χ2v) is 6.06. The largest absolute Gasteiger partial charge is 0.274 e. The van der Waals surface area contributed by atoms with Gasteiger partial charge in [-0.15, -0.1) is 11.8 Å². The van der Waals surface area contributed by atoms with E-state index in [1.165, 1.54) is 11.9 Å². The fourth-order valence-electron chi connectivity index (χ4n) is 2.02. The number of nitrogens with one attached hydrogen (secondary N) is 1. The predicted octanol–water partition coefficient (Wildman–Crippen LogP) is 2.99. The molecule has 0 aliphatic rings.